The van der Waals surface area contributed by atoms with Gasteiger partial charge in [-0.25, -0.2) is 0 Å². The fourth-order valence-electron chi connectivity index (χ4n) is 1.10. The molecule has 0 saturated heterocycles. The second kappa shape index (κ2) is 6.63. The third-order valence-corrected chi connectivity index (χ3v) is 3.65. The zero-order valence-electron chi connectivity index (χ0n) is 8.43. The van der Waals surface area contributed by atoms with E-state index in [-0.39, 0.29) is 0 Å². The molecule has 0 heterocycles. The summed E-state index contributed by atoms with van der Waals surface area (Å²) in [6.07, 6.45) is 1.71. The molecule has 0 amide bonds. The van der Waals surface area contributed by atoms with Crippen molar-refractivity contribution in [3.05, 3.63) is 33.3 Å². The quantitative estimate of drug-likeness (QED) is 0.847. The van der Waals surface area contributed by atoms with Gasteiger partial charge in [0.15, 0.2) is 0 Å². The van der Waals surface area contributed by atoms with Crippen LogP contribution < -0.4 is 5.32 Å². The molecule has 1 aromatic rings. The average Bonchev–Trinajstić information content (AvgIpc) is 2.14. The van der Waals surface area contributed by atoms with Gasteiger partial charge >= 0.3 is 0 Å². The Morgan fingerprint density at radius 1 is 1.53 bits per heavy atom. The van der Waals surface area contributed by atoms with Gasteiger partial charge < -0.3 is 5.32 Å². The molecular weight excluding hydrogens is 298 g/mol. The summed E-state index contributed by atoms with van der Waals surface area (Å²) >= 11 is 9.27. The Hall–Kier alpha value is 0.1000. The van der Waals surface area contributed by atoms with Gasteiger partial charge in [0.2, 0.25) is 0 Å². The third kappa shape index (κ3) is 5.11. The van der Waals surface area contributed by atoms with Gasteiger partial charge in [0.25, 0.3) is 0 Å². The lowest BCUT2D eigenvalue weighted by Gasteiger charge is -2.06. The maximum Gasteiger partial charge on any atom is 0.0417 e. The van der Waals surface area contributed by atoms with Crippen LogP contribution >= 0.6 is 27.5 Å². The number of rotatable bonds is 5. The Balaban J connectivity index is 2.40. The third-order valence-electron chi connectivity index (χ3n) is 1.90. The van der Waals surface area contributed by atoms with E-state index in [2.05, 4.69) is 21.2 Å². The van der Waals surface area contributed by atoms with Crippen molar-refractivity contribution < 1.29 is 4.21 Å². The highest BCUT2D eigenvalue weighted by molar-refractivity contribution is 9.10. The van der Waals surface area contributed by atoms with Crippen LogP contribution in [0.15, 0.2) is 22.7 Å². The first-order valence-electron chi connectivity index (χ1n) is 4.54. The van der Waals surface area contributed by atoms with Crippen molar-refractivity contribution in [1.82, 2.24) is 5.32 Å². The largest absolute Gasteiger partial charge is 0.312 e. The first-order chi connectivity index (χ1) is 7.09. The highest BCUT2D eigenvalue weighted by atomic mass is 79.9. The van der Waals surface area contributed by atoms with Crippen molar-refractivity contribution in [3.8, 4) is 0 Å². The highest BCUT2D eigenvalue weighted by Crippen LogP contribution is 2.21. The van der Waals surface area contributed by atoms with Crippen molar-refractivity contribution in [2.45, 2.75) is 6.54 Å². The SMILES string of the molecule is CS(=O)CCNCc1ccc(Cl)cc1Br. The number of nitrogens with one attached hydrogen (secondary N) is 1. The molecule has 1 rings (SSSR count). The van der Waals surface area contributed by atoms with Gasteiger partial charge in [-0.05, 0) is 17.7 Å². The van der Waals surface area contributed by atoms with Crippen LogP contribution in [0.1, 0.15) is 5.56 Å². The number of halogens is 2. The zero-order valence-corrected chi connectivity index (χ0v) is 11.6. The van der Waals surface area contributed by atoms with E-state index in [1.54, 1.807) is 6.26 Å². The monoisotopic (exact) mass is 309 g/mol. The summed E-state index contributed by atoms with van der Waals surface area (Å²) in [5.74, 6) is 0.686. The molecule has 0 aliphatic rings. The molecule has 1 atom stereocenters. The zero-order chi connectivity index (χ0) is 11.3. The summed E-state index contributed by atoms with van der Waals surface area (Å²) in [5, 5.41) is 3.95. The van der Waals surface area contributed by atoms with Crippen molar-refractivity contribution in [2.24, 2.45) is 0 Å². The summed E-state index contributed by atoms with van der Waals surface area (Å²) in [4.78, 5) is 0. The lowest BCUT2D eigenvalue weighted by atomic mass is 10.2. The van der Waals surface area contributed by atoms with Crippen LogP contribution in [-0.2, 0) is 17.3 Å². The van der Waals surface area contributed by atoms with E-state index >= 15 is 0 Å². The lowest BCUT2D eigenvalue weighted by Crippen LogP contribution is -2.19. The van der Waals surface area contributed by atoms with Crippen molar-refractivity contribution in [2.75, 3.05) is 18.6 Å². The topological polar surface area (TPSA) is 29.1 Å². The Bertz CT molecular complexity index is 359. The van der Waals surface area contributed by atoms with E-state index in [0.29, 0.717) is 5.75 Å². The minimum absolute atomic E-state index is 0.686. The highest BCUT2D eigenvalue weighted by Gasteiger charge is 2.00. The molecule has 0 saturated carbocycles. The summed E-state index contributed by atoms with van der Waals surface area (Å²) < 4.78 is 11.8. The standard InChI is InChI=1S/C10H13BrClNOS/c1-15(14)5-4-13-7-8-2-3-9(12)6-10(8)11/h2-3,6,13H,4-5,7H2,1H3. The molecule has 5 heteroatoms. The van der Waals surface area contributed by atoms with Gasteiger partial charge in [0.1, 0.15) is 0 Å². The van der Waals surface area contributed by atoms with E-state index in [0.717, 1.165) is 28.1 Å². The summed E-state index contributed by atoms with van der Waals surface area (Å²) in [6, 6.07) is 5.71. The lowest BCUT2D eigenvalue weighted by molar-refractivity contribution is 0.676. The van der Waals surface area contributed by atoms with Gasteiger partial charge in [0, 0.05) is 45.4 Å². The molecule has 1 N–H and O–H groups in total. The maximum absolute atomic E-state index is 10.8. The minimum atomic E-state index is -0.728. The van der Waals surface area contributed by atoms with Crippen LogP contribution in [0.5, 0.6) is 0 Å². The molecule has 1 unspecified atom stereocenters. The molecule has 0 aliphatic heterocycles. The number of hydrogen-bond acceptors (Lipinski definition) is 2. The van der Waals surface area contributed by atoms with Gasteiger partial charge in [-0.15, -0.1) is 0 Å². The van der Waals surface area contributed by atoms with Crippen LogP contribution in [-0.4, -0.2) is 22.8 Å². The Labute approximate surface area is 106 Å². The first-order valence-corrected chi connectivity index (χ1v) is 7.44. The smallest absolute Gasteiger partial charge is 0.0417 e. The van der Waals surface area contributed by atoms with E-state index in [9.17, 15) is 4.21 Å². The molecule has 0 aliphatic carbocycles. The number of hydrogen-bond donors (Lipinski definition) is 1. The summed E-state index contributed by atoms with van der Waals surface area (Å²) in [5.41, 5.74) is 1.15. The van der Waals surface area contributed by atoms with Crippen LogP contribution in [0, 0.1) is 0 Å². The molecule has 0 bridgehead atoms. The number of benzene rings is 1. The Kier molecular flexibility index (Phi) is 5.82. The predicted octanol–water partition coefficient (Wildman–Crippen LogP) is 2.57. The van der Waals surface area contributed by atoms with E-state index in [1.807, 2.05) is 18.2 Å². The first kappa shape index (κ1) is 13.2. The van der Waals surface area contributed by atoms with Crippen LogP contribution in [0.3, 0.4) is 0 Å². The fraction of sp³-hybridized carbons (Fsp3) is 0.400. The summed E-state index contributed by atoms with van der Waals surface area (Å²) in [7, 11) is -0.728. The molecular formula is C10H13BrClNOS. The van der Waals surface area contributed by atoms with Gasteiger partial charge in [-0.1, -0.05) is 33.6 Å². The van der Waals surface area contributed by atoms with Gasteiger partial charge in [0.05, 0.1) is 0 Å². The van der Waals surface area contributed by atoms with Crippen LogP contribution in [0.25, 0.3) is 0 Å². The molecule has 0 radical (unpaired) electrons. The molecule has 0 fully saturated rings. The van der Waals surface area contributed by atoms with E-state index in [1.165, 1.54) is 0 Å². The van der Waals surface area contributed by atoms with Crippen molar-refractivity contribution in [3.63, 3.8) is 0 Å². The van der Waals surface area contributed by atoms with Crippen molar-refractivity contribution >= 4 is 38.3 Å². The van der Waals surface area contributed by atoms with E-state index < -0.39 is 10.8 Å². The van der Waals surface area contributed by atoms with Crippen LogP contribution in [0.2, 0.25) is 5.02 Å². The molecule has 84 valence electrons. The van der Waals surface area contributed by atoms with E-state index in [4.69, 9.17) is 11.6 Å². The second-order valence-electron chi connectivity index (χ2n) is 3.19. The van der Waals surface area contributed by atoms with Gasteiger partial charge in [-0.2, -0.15) is 0 Å². The fourth-order valence-corrected chi connectivity index (χ4v) is 2.36. The second-order valence-corrected chi connectivity index (χ2v) is 6.04. The predicted molar refractivity (Wildman–Crippen MR) is 69.8 cm³/mol. The average molecular weight is 311 g/mol. The molecule has 15 heavy (non-hydrogen) atoms. The van der Waals surface area contributed by atoms with Gasteiger partial charge in [-0.3, -0.25) is 4.21 Å². The Morgan fingerprint density at radius 3 is 2.87 bits per heavy atom. The maximum atomic E-state index is 10.8. The summed E-state index contributed by atoms with van der Waals surface area (Å²) in [6.45, 7) is 1.52. The molecule has 0 aromatic heterocycles. The molecule has 2 nitrogen and oxygen atoms in total. The normalized spacial score (nSPS) is 12.7. The minimum Gasteiger partial charge on any atom is -0.312 e. The van der Waals surface area contributed by atoms with Crippen molar-refractivity contribution in [1.29, 1.82) is 0 Å². The molecule has 0 spiro atoms. The van der Waals surface area contributed by atoms with Crippen LogP contribution in [0.4, 0.5) is 0 Å². The molecule has 1 aromatic carbocycles. The Morgan fingerprint density at radius 2 is 2.27 bits per heavy atom.